The normalized spacial score (nSPS) is 12.2. The average molecular weight is 259 g/mol. The van der Waals surface area contributed by atoms with Crippen LogP contribution in [0.1, 0.15) is 40.5 Å². The van der Waals surface area contributed by atoms with Crippen molar-refractivity contribution in [3.8, 4) is 0 Å². The molecule has 0 saturated carbocycles. The summed E-state index contributed by atoms with van der Waals surface area (Å²) in [6.45, 7) is 4.15. The molecule has 5 heteroatoms. The Morgan fingerprint density at radius 3 is 2.74 bits per heavy atom. The number of amides is 1. The van der Waals surface area contributed by atoms with Crippen LogP contribution < -0.4 is 11.1 Å². The molecule has 1 amide bonds. The standard InChI is InChI=1S/C14H17N3O2/c1-9-3-6-13(19-9)10(2)17-14(18)12-5-4-11(7-15)8-16-12/h3-6,8,10H,7,15H2,1-2H3,(H,17,18). The number of aromatic nitrogens is 1. The highest BCUT2D eigenvalue weighted by atomic mass is 16.3. The van der Waals surface area contributed by atoms with Crippen LogP contribution in [-0.2, 0) is 6.54 Å². The number of aryl methyl sites for hydroxylation is 1. The molecule has 2 heterocycles. The van der Waals surface area contributed by atoms with Crippen LogP contribution in [0.4, 0.5) is 0 Å². The molecule has 0 bridgehead atoms. The first-order valence-electron chi connectivity index (χ1n) is 6.12. The molecule has 0 aromatic carbocycles. The summed E-state index contributed by atoms with van der Waals surface area (Å²) in [5.74, 6) is 1.32. The first-order chi connectivity index (χ1) is 9.10. The molecular formula is C14H17N3O2. The molecule has 0 aliphatic rings. The number of nitrogens with one attached hydrogen (secondary N) is 1. The zero-order valence-electron chi connectivity index (χ0n) is 11.0. The van der Waals surface area contributed by atoms with Crippen molar-refractivity contribution in [1.82, 2.24) is 10.3 Å². The van der Waals surface area contributed by atoms with E-state index in [4.69, 9.17) is 10.2 Å². The zero-order valence-corrected chi connectivity index (χ0v) is 11.0. The maximum absolute atomic E-state index is 12.0. The molecule has 2 aromatic heterocycles. The molecule has 1 unspecified atom stereocenters. The van der Waals surface area contributed by atoms with Gasteiger partial charge in [0.1, 0.15) is 17.2 Å². The number of nitrogens with two attached hydrogens (primary N) is 1. The largest absolute Gasteiger partial charge is 0.464 e. The minimum Gasteiger partial charge on any atom is -0.464 e. The molecule has 2 aromatic rings. The fourth-order valence-electron chi connectivity index (χ4n) is 1.71. The molecule has 5 nitrogen and oxygen atoms in total. The van der Waals surface area contributed by atoms with Gasteiger partial charge in [-0.25, -0.2) is 0 Å². The van der Waals surface area contributed by atoms with Gasteiger partial charge in [-0.05, 0) is 37.6 Å². The predicted molar refractivity (Wildman–Crippen MR) is 71.5 cm³/mol. The smallest absolute Gasteiger partial charge is 0.270 e. The SMILES string of the molecule is Cc1ccc(C(C)NC(=O)c2ccc(CN)cn2)o1. The van der Waals surface area contributed by atoms with Gasteiger partial charge in [-0.1, -0.05) is 6.07 Å². The van der Waals surface area contributed by atoms with Crippen molar-refractivity contribution >= 4 is 5.91 Å². The van der Waals surface area contributed by atoms with E-state index in [1.807, 2.05) is 26.0 Å². The quantitative estimate of drug-likeness (QED) is 0.879. The Bertz CT molecular complexity index is 560. The average Bonchev–Trinajstić information content (AvgIpc) is 2.85. The summed E-state index contributed by atoms with van der Waals surface area (Å²) < 4.78 is 5.47. The van der Waals surface area contributed by atoms with Crippen LogP contribution >= 0.6 is 0 Å². The van der Waals surface area contributed by atoms with Crippen molar-refractivity contribution in [1.29, 1.82) is 0 Å². The summed E-state index contributed by atoms with van der Waals surface area (Å²) in [6, 6.07) is 6.98. The van der Waals surface area contributed by atoms with Crippen molar-refractivity contribution in [2.45, 2.75) is 26.4 Å². The molecule has 0 fully saturated rings. The summed E-state index contributed by atoms with van der Waals surface area (Å²) >= 11 is 0. The van der Waals surface area contributed by atoms with Gasteiger partial charge >= 0.3 is 0 Å². The summed E-state index contributed by atoms with van der Waals surface area (Å²) in [4.78, 5) is 16.1. The van der Waals surface area contributed by atoms with Gasteiger partial charge in [-0.3, -0.25) is 9.78 Å². The Morgan fingerprint density at radius 2 is 2.21 bits per heavy atom. The second-order valence-electron chi connectivity index (χ2n) is 4.40. The first-order valence-corrected chi connectivity index (χ1v) is 6.12. The summed E-state index contributed by atoms with van der Waals surface area (Å²) in [5.41, 5.74) is 6.74. The van der Waals surface area contributed by atoms with E-state index < -0.39 is 0 Å². The molecule has 0 saturated heterocycles. The van der Waals surface area contributed by atoms with Gasteiger partial charge in [0.2, 0.25) is 0 Å². The lowest BCUT2D eigenvalue weighted by atomic mass is 10.2. The molecule has 0 aliphatic heterocycles. The van der Waals surface area contributed by atoms with Crippen LogP contribution in [0.25, 0.3) is 0 Å². The van der Waals surface area contributed by atoms with Gasteiger partial charge in [-0.15, -0.1) is 0 Å². The summed E-state index contributed by atoms with van der Waals surface area (Å²) in [6.07, 6.45) is 1.61. The fourth-order valence-corrected chi connectivity index (χ4v) is 1.71. The number of carbonyl (C=O) groups is 1. The van der Waals surface area contributed by atoms with Crippen LogP contribution in [0.2, 0.25) is 0 Å². The third-order valence-corrected chi connectivity index (χ3v) is 2.83. The lowest BCUT2D eigenvalue weighted by molar-refractivity contribution is 0.0930. The lowest BCUT2D eigenvalue weighted by Gasteiger charge is -2.11. The van der Waals surface area contributed by atoms with Gasteiger partial charge in [0.15, 0.2) is 0 Å². The molecule has 1 atom stereocenters. The monoisotopic (exact) mass is 259 g/mol. The second kappa shape index (κ2) is 5.67. The van der Waals surface area contributed by atoms with E-state index in [1.165, 1.54) is 0 Å². The Labute approximate surface area is 111 Å². The van der Waals surface area contributed by atoms with Gasteiger partial charge in [0, 0.05) is 12.7 Å². The minimum atomic E-state index is -0.231. The number of furan rings is 1. The molecule has 0 aliphatic carbocycles. The van der Waals surface area contributed by atoms with Crippen molar-refractivity contribution in [2.75, 3.05) is 0 Å². The number of hydrogen-bond donors (Lipinski definition) is 2. The van der Waals surface area contributed by atoms with Gasteiger partial charge < -0.3 is 15.5 Å². The summed E-state index contributed by atoms with van der Waals surface area (Å²) in [7, 11) is 0. The maximum atomic E-state index is 12.0. The molecular weight excluding hydrogens is 242 g/mol. The highest BCUT2D eigenvalue weighted by Gasteiger charge is 2.14. The van der Waals surface area contributed by atoms with E-state index in [1.54, 1.807) is 18.3 Å². The van der Waals surface area contributed by atoms with Crippen LogP contribution in [0.15, 0.2) is 34.9 Å². The van der Waals surface area contributed by atoms with E-state index in [2.05, 4.69) is 10.3 Å². The van der Waals surface area contributed by atoms with Crippen LogP contribution in [-0.4, -0.2) is 10.9 Å². The minimum absolute atomic E-state index is 0.197. The number of hydrogen-bond acceptors (Lipinski definition) is 4. The molecule has 0 radical (unpaired) electrons. The molecule has 2 rings (SSSR count). The highest BCUT2D eigenvalue weighted by Crippen LogP contribution is 2.15. The topological polar surface area (TPSA) is 81.2 Å². The lowest BCUT2D eigenvalue weighted by Crippen LogP contribution is -2.27. The second-order valence-corrected chi connectivity index (χ2v) is 4.40. The number of carbonyl (C=O) groups excluding carboxylic acids is 1. The number of rotatable bonds is 4. The third kappa shape index (κ3) is 3.20. The van der Waals surface area contributed by atoms with Gasteiger partial charge in [-0.2, -0.15) is 0 Å². The van der Waals surface area contributed by atoms with Gasteiger partial charge in [0.25, 0.3) is 5.91 Å². The van der Waals surface area contributed by atoms with E-state index in [0.29, 0.717) is 12.2 Å². The third-order valence-electron chi connectivity index (χ3n) is 2.83. The van der Waals surface area contributed by atoms with E-state index in [0.717, 1.165) is 17.1 Å². The van der Waals surface area contributed by atoms with Crippen molar-refractivity contribution in [3.63, 3.8) is 0 Å². The Kier molecular flexibility index (Phi) is 3.97. The molecule has 19 heavy (non-hydrogen) atoms. The van der Waals surface area contributed by atoms with Crippen LogP contribution in [0, 0.1) is 6.92 Å². The van der Waals surface area contributed by atoms with E-state index >= 15 is 0 Å². The summed E-state index contributed by atoms with van der Waals surface area (Å²) in [5, 5.41) is 2.84. The van der Waals surface area contributed by atoms with Gasteiger partial charge in [0.05, 0.1) is 6.04 Å². The molecule has 0 spiro atoms. The number of nitrogens with zero attached hydrogens (tertiary/aromatic N) is 1. The highest BCUT2D eigenvalue weighted by molar-refractivity contribution is 5.92. The van der Waals surface area contributed by atoms with E-state index in [9.17, 15) is 4.79 Å². The van der Waals surface area contributed by atoms with Crippen LogP contribution in [0.3, 0.4) is 0 Å². The van der Waals surface area contributed by atoms with E-state index in [-0.39, 0.29) is 11.9 Å². The molecule has 3 N–H and O–H groups in total. The number of pyridine rings is 1. The maximum Gasteiger partial charge on any atom is 0.270 e. The Balaban J connectivity index is 2.03. The van der Waals surface area contributed by atoms with Crippen molar-refractivity contribution < 1.29 is 9.21 Å². The molecule has 100 valence electrons. The predicted octanol–water partition coefficient (Wildman–Crippen LogP) is 1.93. The first kappa shape index (κ1) is 13.3. The zero-order chi connectivity index (χ0) is 13.8. The van der Waals surface area contributed by atoms with Crippen LogP contribution in [0.5, 0.6) is 0 Å². The fraction of sp³-hybridized carbons (Fsp3) is 0.286. The Hall–Kier alpha value is -2.14. The van der Waals surface area contributed by atoms with Crippen molar-refractivity contribution in [2.24, 2.45) is 5.73 Å². The Morgan fingerprint density at radius 1 is 1.42 bits per heavy atom. The van der Waals surface area contributed by atoms with Crippen molar-refractivity contribution in [3.05, 3.63) is 53.2 Å².